The molecule has 1 saturated carbocycles. The Hall–Kier alpha value is -1.44. The zero-order chi connectivity index (χ0) is 16.5. The van der Waals surface area contributed by atoms with Crippen molar-refractivity contribution in [3.63, 3.8) is 0 Å². The molecule has 1 aliphatic rings. The predicted octanol–water partition coefficient (Wildman–Crippen LogP) is 3.49. The van der Waals surface area contributed by atoms with Gasteiger partial charge in [0.1, 0.15) is 11.5 Å². The van der Waals surface area contributed by atoms with E-state index in [4.69, 9.17) is 9.47 Å². The van der Waals surface area contributed by atoms with E-state index in [1.54, 1.807) is 20.2 Å². The maximum absolute atomic E-state index is 6.20. The second kappa shape index (κ2) is 11.2. The van der Waals surface area contributed by atoms with Gasteiger partial charge < -0.3 is 20.1 Å². The average molecular weight is 445 g/mol. The van der Waals surface area contributed by atoms with E-state index in [1.165, 1.54) is 12.8 Å². The van der Waals surface area contributed by atoms with Crippen LogP contribution in [0, 0.1) is 0 Å². The number of hydrogen-bond acceptors (Lipinski definition) is 3. The van der Waals surface area contributed by atoms with Crippen LogP contribution in [0.3, 0.4) is 0 Å². The Bertz CT molecular complexity index is 543. The summed E-state index contributed by atoms with van der Waals surface area (Å²) in [4.78, 5) is 4.19. The van der Waals surface area contributed by atoms with E-state index in [1.807, 2.05) is 18.2 Å². The summed E-state index contributed by atoms with van der Waals surface area (Å²) in [5.41, 5.74) is 1.10. The van der Waals surface area contributed by atoms with E-state index >= 15 is 0 Å². The fraction of sp³-hybridized carbons (Fsp3) is 0.500. The molecule has 1 fully saturated rings. The third-order valence-corrected chi connectivity index (χ3v) is 3.95. The average Bonchev–Trinajstić information content (AvgIpc) is 3.09. The van der Waals surface area contributed by atoms with Crippen LogP contribution in [0.1, 0.15) is 31.2 Å². The molecule has 0 atom stereocenters. The number of halogens is 1. The van der Waals surface area contributed by atoms with Crippen molar-refractivity contribution >= 4 is 29.9 Å². The topological polar surface area (TPSA) is 54.9 Å². The summed E-state index contributed by atoms with van der Waals surface area (Å²) in [6.07, 6.45) is 6.88. The zero-order valence-electron chi connectivity index (χ0n) is 14.5. The summed E-state index contributed by atoms with van der Waals surface area (Å²) in [5, 5.41) is 6.45. The van der Waals surface area contributed by atoms with Gasteiger partial charge >= 0.3 is 0 Å². The Morgan fingerprint density at radius 2 is 2.08 bits per heavy atom. The number of ether oxygens (including phenoxy) is 2. The van der Waals surface area contributed by atoms with Crippen LogP contribution in [-0.4, -0.2) is 32.8 Å². The predicted molar refractivity (Wildman–Crippen MR) is 110 cm³/mol. The Morgan fingerprint density at radius 3 is 2.71 bits per heavy atom. The number of nitrogens with zero attached hydrogens (tertiary/aromatic N) is 1. The molecule has 0 radical (unpaired) electrons. The fourth-order valence-electron chi connectivity index (χ4n) is 2.67. The van der Waals surface area contributed by atoms with Crippen molar-refractivity contribution in [2.75, 3.05) is 20.7 Å². The summed E-state index contributed by atoms with van der Waals surface area (Å²) in [5.74, 6) is 2.45. The molecule has 2 rings (SSSR count). The summed E-state index contributed by atoms with van der Waals surface area (Å²) >= 11 is 0. The van der Waals surface area contributed by atoms with Crippen LogP contribution in [0.15, 0.2) is 35.8 Å². The minimum absolute atomic E-state index is 0. The van der Waals surface area contributed by atoms with Gasteiger partial charge in [-0.15, -0.1) is 30.6 Å². The van der Waals surface area contributed by atoms with E-state index < -0.39 is 0 Å². The van der Waals surface area contributed by atoms with E-state index in [0.717, 1.165) is 35.9 Å². The lowest BCUT2D eigenvalue weighted by Gasteiger charge is -2.18. The molecule has 0 bridgehead atoms. The number of benzene rings is 1. The number of rotatable bonds is 7. The first kappa shape index (κ1) is 20.6. The molecule has 0 aliphatic heterocycles. The molecule has 0 spiro atoms. The Labute approximate surface area is 161 Å². The minimum atomic E-state index is 0. The molecular weight excluding hydrogens is 417 g/mol. The quantitative estimate of drug-likeness (QED) is 0.292. The van der Waals surface area contributed by atoms with Gasteiger partial charge in [0, 0.05) is 31.8 Å². The number of hydrogen-bond donors (Lipinski definition) is 2. The van der Waals surface area contributed by atoms with Crippen molar-refractivity contribution < 1.29 is 9.47 Å². The van der Waals surface area contributed by atoms with E-state index in [2.05, 4.69) is 22.2 Å². The van der Waals surface area contributed by atoms with Crippen LogP contribution in [-0.2, 0) is 6.54 Å². The van der Waals surface area contributed by atoms with Crippen molar-refractivity contribution in [1.82, 2.24) is 10.6 Å². The molecule has 0 amide bonds. The summed E-state index contributed by atoms with van der Waals surface area (Å²) in [7, 11) is 3.43. The first-order valence-corrected chi connectivity index (χ1v) is 8.15. The van der Waals surface area contributed by atoms with Crippen molar-refractivity contribution in [3.05, 3.63) is 36.4 Å². The molecule has 1 aliphatic carbocycles. The molecule has 5 nitrogen and oxygen atoms in total. The lowest BCUT2D eigenvalue weighted by molar-refractivity contribution is 0.207. The zero-order valence-corrected chi connectivity index (χ0v) is 16.8. The summed E-state index contributed by atoms with van der Waals surface area (Å²) in [6.45, 7) is 5.01. The van der Waals surface area contributed by atoms with Gasteiger partial charge in [0.15, 0.2) is 5.96 Å². The standard InChI is InChI=1S/C18H27N3O2.HI/c1-4-11-20-18(19-2)21-13-14-9-10-16(22-3)12-17(14)23-15-7-5-6-8-15;/h4,9-10,12,15H,1,5-8,11,13H2,2-3H3,(H2,19,20,21);1H. The lowest BCUT2D eigenvalue weighted by Crippen LogP contribution is -2.36. The highest BCUT2D eigenvalue weighted by Crippen LogP contribution is 2.29. The smallest absolute Gasteiger partial charge is 0.191 e. The number of aliphatic imine (C=N–C) groups is 1. The van der Waals surface area contributed by atoms with Crippen molar-refractivity contribution in [1.29, 1.82) is 0 Å². The summed E-state index contributed by atoms with van der Waals surface area (Å²) in [6, 6.07) is 5.96. The van der Waals surface area contributed by atoms with Gasteiger partial charge in [-0.25, -0.2) is 0 Å². The molecule has 0 saturated heterocycles. The first-order chi connectivity index (χ1) is 11.3. The molecule has 1 aromatic rings. The van der Waals surface area contributed by atoms with Crippen molar-refractivity contribution in [2.24, 2.45) is 4.99 Å². The molecule has 0 heterocycles. The minimum Gasteiger partial charge on any atom is -0.497 e. The van der Waals surface area contributed by atoms with Gasteiger partial charge in [0.25, 0.3) is 0 Å². The number of nitrogens with one attached hydrogen (secondary N) is 2. The fourth-order valence-corrected chi connectivity index (χ4v) is 2.67. The lowest BCUT2D eigenvalue weighted by atomic mass is 10.2. The van der Waals surface area contributed by atoms with Gasteiger partial charge in [0.05, 0.1) is 13.2 Å². The van der Waals surface area contributed by atoms with Gasteiger partial charge in [-0.2, -0.15) is 0 Å². The third kappa shape index (κ3) is 6.22. The van der Waals surface area contributed by atoms with Crippen molar-refractivity contribution in [3.8, 4) is 11.5 Å². The maximum Gasteiger partial charge on any atom is 0.191 e. The van der Waals surface area contributed by atoms with Gasteiger partial charge in [-0.05, 0) is 37.8 Å². The van der Waals surface area contributed by atoms with Crippen LogP contribution in [0.5, 0.6) is 11.5 Å². The van der Waals surface area contributed by atoms with Crippen LogP contribution in [0.4, 0.5) is 0 Å². The molecule has 2 N–H and O–H groups in total. The Balaban J connectivity index is 0.00000288. The first-order valence-electron chi connectivity index (χ1n) is 8.15. The number of methoxy groups -OCH3 is 1. The van der Waals surface area contributed by atoms with Crippen LogP contribution in [0.25, 0.3) is 0 Å². The highest BCUT2D eigenvalue weighted by Gasteiger charge is 2.18. The second-order valence-electron chi connectivity index (χ2n) is 5.59. The van der Waals surface area contributed by atoms with Crippen LogP contribution >= 0.6 is 24.0 Å². The molecular formula is C18H28IN3O2. The molecule has 0 aromatic heterocycles. The van der Waals surface area contributed by atoms with E-state index in [0.29, 0.717) is 19.2 Å². The largest absolute Gasteiger partial charge is 0.497 e. The van der Waals surface area contributed by atoms with Gasteiger partial charge in [-0.3, -0.25) is 4.99 Å². The highest BCUT2D eigenvalue weighted by molar-refractivity contribution is 14.0. The SMILES string of the molecule is C=CCNC(=NC)NCc1ccc(OC)cc1OC1CCCC1.I. The Kier molecular flexibility index (Phi) is 9.59. The monoisotopic (exact) mass is 445 g/mol. The highest BCUT2D eigenvalue weighted by atomic mass is 127. The van der Waals surface area contributed by atoms with Gasteiger partial charge in [-0.1, -0.05) is 6.08 Å². The maximum atomic E-state index is 6.20. The molecule has 1 aromatic carbocycles. The van der Waals surface area contributed by atoms with Crippen LogP contribution < -0.4 is 20.1 Å². The van der Waals surface area contributed by atoms with Gasteiger partial charge in [0.2, 0.25) is 0 Å². The summed E-state index contributed by atoms with van der Waals surface area (Å²) < 4.78 is 11.5. The second-order valence-corrected chi connectivity index (χ2v) is 5.59. The van der Waals surface area contributed by atoms with E-state index in [-0.39, 0.29) is 24.0 Å². The normalized spacial score (nSPS) is 14.7. The number of guanidine groups is 1. The molecule has 0 unspecified atom stereocenters. The molecule has 6 heteroatoms. The van der Waals surface area contributed by atoms with Crippen molar-refractivity contribution in [2.45, 2.75) is 38.3 Å². The molecule has 134 valence electrons. The Morgan fingerprint density at radius 1 is 1.33 bits per heavy atom. The molecule has 24 heavy (non-hydrogen) atoms. The van der Waals surface area contributed by atoms with E-state index in [9.17, 15) is 0 Å². The third-order valence-electron chi connectivity index (χ3n) is 3.95. The van der Waals surface area contributed by atoms with Crippen LogP contribution in [0.2, 0.25) is 0 Å².